The van der Waals surface area contributed by atoms with E-state index in [9.17, 15) is 4.79 Å². The molecule has 0 atom stereocenters. The van der Waals surface area contributed by atoms with Gasteiger partial charge >= 0.3 is 5.97 Å². The third-order valence-corrected chi connectivity index (χ3v) is 3.63. The Morgan fingerprint density at radius 1 is 1.37 bits per heavy atom. The van der Waals surface area contributed by atoms with Crippen molar-refractivity contribution in [2.75, 3.05) is 5.75 Å². The van der Waals surface area contributed by atoms with Crippen molar-refractivity contribution in [3.05, 3.63) is 24.3 Å². The van der Waals surface area contributed by atoms with Crippen LogP contribution in [0.2, 0.25) is 0 Å². The molecule has 2 aromatic heterocycles. The number of thioether (sulfide) groups is 1. The molecule has 6 nitrogen and oxygen atoms in total. The molecule has 0 aliphatic carbocycles. The minimum atomic E-state index is -0.897. The van der Waals surface area contributed by atoms with Crippen molar-refractivity contribution in [2.24, 2.45) is 7.05 Å². The van der Waals surface area contributed by atoms with Crippen LogP contribution in [-0.4, -0.2) is 36.6 Å². The van der Waals surface area contributed by atoms with Gasteiger partial charge in [-0.25, -0.2) is 4.98 Å². The first-order valence-electron chi connectivity index (χ1n) is 5.59. The van der Waals surface area contributed by atoms with Gasteiger partial charge in [0.25, 0.3) is 0 Å². The van der Waals surface area contributed by atoms with E-state index in [4.69, 9.17) is 5.11 Å². The van der Waals surface area contributed by atoms with Crippen LogP contribution < -0.4 is 0 Å². The second-order valence-corrected chi connectivity index (χ2v) is 4.97. The Hall–Kier alpha value is -2.15. The lowest BCUT2D eigenvalue weighted by Crippen LogP contribution is -2.01. The molecule has 0 amide bonds. The van der Waals surface area contributed by atoms with Crippen LogP contribution >= 0.6 is 11.8 Å². The van der Waals surface area contributed by atoms with Gasteiger partial charge in [-0.2, -0.15) is 0 Å². The maximum atomic E-state index is 10.5. The van der Waals surface area contributed by atoms with Gasteiger partial charge in [-0.1, -0.05) is 30.0 Å². The average Bonchev–Trinajstić information content (AvgIpc) is 2.71. The highest BCUT2D eigenvalue weighted by atomic mass is 32.2. The number of hydrogen-bond acceptors (Lipinski definition) is 5. The van der Waals surface area contributed by atoms with Crippen LogP contribution in [0, 0.1) is 0 Å². The van der Waals surface area contributed by atoms with Crippen molar-refractivity contribution in [1.29, 1.82) is 0 Å². The molecule has 0 aliphatic rings. The average molecular weight is 274 g/mol. The quantitative estimate of drug-likeness (QED) is 0.732. The summed E-state index contributed by atoms with van der Waals surface area (Å²) in [5, 5.41) is 18.2. The van der Waals surface area contributed by atoms with E-state index in [1.54, 1.807) is 0 Å². The summed E-state index contributed by atoms with van der Waals surface area (Å²) >= 11 is 1.06. The minimum Gasteiger partial charge on any atom is -0.481 e. The highest BCUT2D eigenvalue weighted by molar-refractivity contribution is 7.99. The number of aliphatic carboxylic acids is 1. The monoisotopic (exact) mass is 274 g/mol. The van der Waals surface area contributed by atoms with Gasteiger partial charge in [-0.3, -0.25) is 4.79 Å². The van der Waals surface area contributed by atoms with Crippen LogP contribution in [0.25, 0.3) is 22.1 Å². The molecule has 1 aromatic carbocycles. The number of para-hydroxylation sites is 1. The van der Waals surface area contributed by atoms with Gasteiger partial charge in [0.1, 0.15) is 5.52 Å². The highest BCUT2D eigenvalue weighted by Crippen LogP contribution is 2.25. The van der Waals surface area contributed by atoms with E-state index < -0.39 is 5.97 Å². The van der Waals surface area contributed by atoms with E-state index >= 15 is 0 Å². The zero-order chi connectivity index (χ0) is 13.4. The summed E-state index contributed by atoms with van der Waals surface area (Å²) in [6.07, 6.45) is 0. The third-order valence-electron chi connectivity index (χ3n) is 2.81. The van der Waals surface area contributed by atoms with Gasteiger partial charge in [0.05, 0.1) is 11.3 Å². The second kappa shape index (κ2) is 4.51. The molecule has 7 heteroatoms. The van der Waals surface area contributed by atoms with Crippen LogP contribution in [0.3, 0.4) is 0 Å². The van der Waals surface area contributed by atoms with E-state index in [2.05, 4.69) is 15.2 Å². The lowest BCUT2D eigenvalue weighted by Gasteiger charge is -1.98. The minimum absolute atomic E-state index is 0.0723. The van der Waals surface area contributed by atoms with Gasteiger partial charge in [0.15, 0.2) is 5.65 Å². The Kier molecular flexibility index (Phi) is 2.83. The smallest absolute Gasteiger partial charge is 0.313 e. The van der Waals surface area contributed by atoms with Crippen molar-refractivity contribution in [1.82, 2.24) is 19.7 Å². The Morgan fingerprint density at radius 3 is 2.95 bits per heavy atom. The predicted octanol–water partition coefficient (Wildman–Crippen LogP) is 1.69. The molecule has 0 saturated carbocycles. The Balaban J connectivity index is 2.15. The van der Waals surface area contributed by atoms with Crippen LogP contribution in [0.15, 0.2) is 29.4 Å². The molecular weight excluding hydrogens is 264 g/mol. The van der Waals surface area contributed by atoms with Crippen LogP contribution in [0.1, 0.15) is 0 Å². The number of aryl methyl sites for hydroxylation is 1. The number of aromatic nitrogens is 4. The molecule has 3 aromatic rings. The summed E-state index contributed by atoms with van der Waals surface area (Å²) < 4.78 is 1.93. The first-order valence-corrected chi connectivity index (χ1v) is 6.58. The molecule has 0 unspecified atom stereocenters. The number of carbonyl (C=O) groups is 1. The van der Waals surface area contributed by atoms with Gasteiger partial charge in [-0.15, -0.1) is 10.2 Å². The number of nitrogens with zero attached hydrogens (tertiary/aromatic N) is 4. The van der Waals surface area contributed by atoms with Crippen molar-refractivity contribution in [2.45, 2.75) is 5.16 Å². The summed E-state index contributed by atoms with van der Waals surface area (Å²) in [5.74, 6) is -0.970. The fourth-order valence-corrected chi connectivity index (χ4v) is 2.48. The van der Waals surface area contributed by atoms with E-state index in [-0.39, 0.29) is 5.75 Å². The van der Waals surface area contributed by atoms with Gasteiger partial charge < -0.3 is 9.67 Å². The summed E-state index contributed by atoms with van der Waals surface area (Å²) in [6, 6.07) is 7.85. The number of benzene rings is 1. The SMILES string of the molecule is Cn1c2ccccc2c2nnc(SCC(=O)O)nc21. The van der Waals surface area contributed by atoms with Crippen molar-refractivity contribution in [3.8, 4) is 0 Å². The Bertz CT molecular complexity index is 784. The highest BCUT2D eigenvalue weighted by Gasteiger charge is 2.12. The standard InChI is InChI=1S/C12H10N4O2S/c1-16-8-5-3-2-4-7(8)10-11(16)13-12(15-14-10)19-6-9(17)18/h2-5H,6H2,1H3,(H,17,18). The van der Waals surface area contributed by atoms with Gasteiger partial charge in [-0.05, 0) is 6.07 Å². The summed E-state index contributed by atoms with van der Waals surface area (Å²) in [5.41, 5.74) is 2.47. The van der Waals surface area contributed by atoms with Gasteiger partial charge in [0.2, 0.25) is 5.16 Å². The number of carboxylic acids is 1. The molecule has 1 N–H and O–H groups in total. The third kappa shape index (κ3) is 2.01. The molecule has 0 bridgehead atoms. The zero-order valence-electron chi connectivity index (χ0n) is 10.1. The fourth-order valence-electron chi connectivity index (χ4n) is 1.98. The largest absolute Gasteiger partial charge is 0.481 e. The predicted molar refractivity (Wildman–Crippen MR) is 72.2 cm³/mol. The van der Waals surface area contributed by atoms with Crippen LogP contribution in [0.4, 0.5) is 0 Å². The second-order valence-electron chi connectivity index (χ2n) is 4.03. The van der Waals surface area contributed by atoms with Crippen molar-refractivity contribution < 1.29 is 9.90 Å². The van der Waals surface area contributed by atoms with Gasteiger partial charge in [0, 0.05) is 12.4 Å². The lowest BCUT2D eigenvalue weighted by molar-refractivity contribution is -0.133. The van der Waals surface area contributed by atoms with E-state index in [1.165, 1.54) is 0 Å². The number of rotatable bonds is 3. The topological polar surface area (TPSA) is 80.9 Å². The number of hydrogen-bond donors (Lipinski definition) is 1. The van der Waals surface area contributed by atoms with Crippen molar-refractivity contribution in [3.63, 3.8) is 0 Å². The molecule has 96 valence electrons. The summed E-state index contributed by atoms with van der Waals surface area (Å²) in [7, 11) is 1.91. The molecule has 0 saturated heterocycles. The maximum Gasteiger partial charge on any atom is 0.313 e. The first-order chi connectivity index (χ1) is 9.16. The summed E-state index contributed by atoms with van der Waals surface area (Å²) in [4.78, 5) is 14.9. The van der Waals surface area contributed by atoms with Crippen LogP contribution in [-0.2, 0) is 11.8 Å². The molecule has 0 aliphatic heterocycles. The molecule has 0 spiro atoms. The Morgan fingerprint density at radius 2 is 2.16 bits per heavy atom. The molecule has 3 rings (SSSR count). The molecule has 19 heavy (non-hydrogen) atoms. The fraction of sp³-hybridized carbons (Fsp3) is 0.167. The summed E-state index contributed by atoms with van der Waals surface area (Å²) in [6.45, 7) is 0. The molecule has 0 fully saturated rings. The van der Waals surface area contributed by atoms with Crippen molar-refractivity contribution >= 4 is 39.8 Å². The molecular formula is C12H10N4O2S. The molecule has 0 radical (unpaired) electrons. The maximum absolute atomic E-state index is 10.5. The van der Waals surface area contributed by atoms with E-state index in [0.717, 1.165) is 28.2 Å². The first kappa shape index (κ1) is 11.9. The molecule has 2 heterocycles. The lowest BCUT2D eigenvalue weighted by atomic mass is 10.2. The van der Waals surface area contributed by atoms with E-state index in [1.807, 2.05) is 35.9 Å². The van der Waals surface area contributed by atoms with Crippen LogP contribution in [0.5, 0.6) is 0 Å². The Labute approximate surface area is 112 Å². The van der Waals surface area contributed by atoms with E-state index in [0.29, 0.717) is 10.8 Å². The zero-order valence-corrected chi connectivity index (χ0v) is 10.9. The number of fused-ring (bicyclic) bond motifs is 3. The normalized spacial score (nSPS) is 11.2. The number of carboxylic acid groups (broad SMARTS) is 1.